The van der Waals surface area contributed by atoms with E-state index in [-0.39, 0.29) is 6.03 Å². The highest BCUT2D eigenvalue weighted by Crippen LogP contribution is 2.32. The first-order chi connectivity index (χ1) is 14.2. The van der Waals surface area contributed by atoms with Crippen molar-refractivity contribution in [1.82, 2.24) is 14.5 Å². The van der Waals surface area contributed by atoms with Crippen LogP contribution in [0.3, 0.4) is 0 Å². The van der Waals surface area contributed by atoms with Gasteiger partial charge in [0.1, 0.15) is 13.2 Å². The molecular weight excluding hydrogens is 370 g/mol. The van der Waals surface area contributed by atoms with Crippen LogP contribution in [0.4, 0.5) is 16.4 Å². The minimum atomic E-state index is -0.105. The Hall–Kier alpha value is -3.42. The Bertz CT molecular complexity index is 1060. The van der Waals surface area contributed by atoms with E-state index < -0.39 is 0 Å². The smallest absolute Gasteiger partial charge is 0.321 e. The summed E-state index contributed by atoms with van der Waals surface area (Å²) in [5, 5.41) is 2.96. The number of ether oxygens (including phenoxy) is 2. The average Bonchev–Trinajstić information content (AvgIpc) is 3.10. The lowest BCUT2D eigenvalue weighted by Crippen LogP contribution is -2.50. The summed E-state index contributed by atoms with van der Waals surface area (Å²) in [6.45, 7) is 3.83. The van der Waals surface area contributed by atoms with Crippen LogP contribution in [-0.2, 0) is 7.05 Å². The van der Waals surface area contributed by atoms with Gasteiger partial charge in [-0.2, -0.15) is 0 Å². The standard InChI is InChI=1S/C21H23N5O3/c1-24-17-5-3-2-4-16(17)23-20(24)25-8-10-26(11-9-25)21(27)22-15-6-7-18-19(14-15)29-13-12-28-18/h2-7,14H,8-13H2,1H3,(H,22,27). The Kier molecular flexibility index (Phi) is 4.38. The van der Waals surface area contributed by atoms with Crippen molar-refractivity contribution in [3.05, 3.63) is 42.5 Å². The summed E-state index contributed by atoms with van der Waals surface area (Å²) in [5.41, 5.74) is 2.81. The number of fused-ring (bicyclic) bond motifs is 2. The molecule has 0 atom stereocenters. The van der Waals surface area contributed by atoms with Crippen molar-refractivity contribution in [1.29, 1.82) is 0 Å². The largest absolute Gasteiger partial charge is 0.486 e. The zero-order valence-electron chi connectivity index (χ0n) is 16.3. The number of benzene rings is 2. The van der Waals surface area contributed by atoms with Gasteiger partial charge in [-0.3, -0.25) is 0 Å². The second kappa shape index (κ2) is 7.20. The minimum Gasteiger partial charge on any atom is -0.486 e. The van der Waals surface area contributed by atoms with Crippen LogP contribution in [-0.4, -0.2) is 59.9 Å². The molecule has 0 aliphatic carbocycles. The van der Waals surface area contributed by atoms with Crippen LogP contribution in [0.1, 0.15) is 0 Å². The van der Waals surface area contributed by atoms with Gasteiger partial charge in [-0.15, -0.1) is 0 Å². The topological polar surface area (TPSA) is 71.9 Å². The number of para-hydroxylation sites is 2. The predicted molar refractivity (Wildman–Crippen MR) is 111 cm³/mol. The minimum absolute atomic E-state index is 0.105. The number of aromatic nitrogens is 2. The Morgan fingerprint density at radius 1 is 1.00 bits per heavy atom. The van der Waals surface area contributed by atoms with Gasteiger partial charge in [0.25, 0.3) is 0 Å². The van der Waals surface area contributed by atoms with E-state index in [1.54, 1.807) is 0 Å². The third-order valence-electron chi connectivity index (χ3n) is 5.41. The van der Waals surface area contributed by atoms with Gasteiger partial charge in [-0.1, -0.05) is 12.1 Å². The molecule has 8 nitrogen and oxygen atoms in total. The van der Waals surface area contributed by atoms with Crippen LogP contribution in [0.15, 0.2) is 42.5 Å². The van der Waals surface area contributed by atoms with Gasteiger partial charge in [0.15, 0.2) is 11.5 Å². The first kappa shape index (κ1) is 17.7. The van der Waals surface area contributed by atoms with Gasteiger partial charge in [0.2, 0.25) is 5.95 Å². The number of nitrogens with zero attached hydrogens (tertiary/aromatic N) is 4. The molecule has 3 aromatic rings. The van der Waals surface area contributed by atoms with E-state index in [2.05, 4.69) is 20.9 Å². The van der Waals surface area contributed by atoms with Crippen molar-refractivity contribution in [2.75, 3.05) is 49.6 Å². The molecule has 2 amide bonds. The van der Waals surface area contributed by atoms with E-state index in [1.807, 2.05) is 48.3 Å². The molecule has 3 heterocycles. The van der Waals surface area contributed by atoms with Crippen LogP contribution in [0.2, 0.25) is 0 Å². The molecule has 0 saturated carbocycles. The van der Waals surface area contributed by atoms with Crippen LogP contribution in [0.5, 0.6) is 11.5 Å². The molecule has 29 heavy (non-hydrogen) atoms. The molecule has 2 aromatic carbocycles. The van der Waals surface area contributed by atoms with E-state index >= 15 is 0 Å². The highest BCUT2D eigenvalue weighted by molar-refractivity contribution is 5.90. The molecule has 1 aromatic heterocycles. The number of carbonyl (C=O) groups is 1. The number of amides is 2. The van der Waals surface area contributed by atoms with E-state index in [0.29, 0.717) is 43.5 Å². The number of rotatable bonds is 2. The van der Waals surface area contributed by atoms with E-state index in [1.165, 1.54) is 0 Å². The van der Waals surface area contributed by atoms with Gasteiger partial charge in [-0.25, -0.2) is 9.78 Å². The molecule has 0 spiro atoms. The molecule has 8 heteroatoms. The van der Waals surface area contributed by atoms with Crippen LogP contribution >= 0.6 is 0 Å². The summed E-state index contributed by atoms with van der Waals surface area (Å²) in [5.74, 6) is 2.32. The van der Waals surface area contributed by atoms with Gasteiger partial charge >= 0.3 is 6.03 Å². The van der Waals surface area contributed by atoms with Gasteiger partial charge in [0, 0.05) is 45.0 Å². The number of piperazine rings is 1. The molecule has 0 radical (unpaired) electrons. The Morgan fingerprint density at radius 3 is 2.55 bits per heavy atom. The summed E-state index contributed by atoms with van der Waals surface area (Å²) in [7, 11) is 2.03. The lowest BCUT2D eigenvalue weighted by Gasteiger charge is -2.35. The molecule has 150 valence electrons. The van der Waals surface area contributed by atoms with Crippen molar-refractivity contribution in [3.8, 4) is 11.5 Å². The maximum absolute atomic E-state index is 12.7. The van der Waals surface area contributed by atoms with Crippen molar-refractivity contribution in [2.24, 2.45) is 7.05 Å². The zero-order chi connectivity index (χ0) is 19.8. The summed E-state index contributed by atoms with van der Waals surface area (Å²) >= 11 is 0. The lowest BCUT2D eigenvalue weighted by atomic mass is 10.2. The second-order valence-electron chi connectivity index (χ2n) is 7.22. The lowest BCUT2D eigenvalue weighted by molar-refractivity contribution is 0.171. The van der Waals surface area contributed by atoms with E-state index in [9.17, 15) is 4.79 Å². The normalized spacial score (nSPS) is 16.2. The highest BCUT2D eigenvalue weighted by Gasteiger charge is 2.24. The SMILES string of the molecule is Cn1c(N2CCN(C(=O)Nc3ccc4c(c3)OCCO4)CC2)nc2ccccc21. The first-order valence-corrected chi connectivity index (χ1v) is 9.81. The molecule has 0 unspecified atom stereocenters. The Morgan fingerprint density at radius 2 is 1.76 bits per heavy atom. The number of aryl methyl sites for hydroxylation is 1. The fourth-order valence-corrected chi connectivity index (χ4v) is 3.85. The molecule has 1 fully saturated rings. The van der Waals surface area contributed by atoms with Crippen LogP contribution in [0, 0.1) is 0 Å². The third-order valence-corrected chi connectivity index (χ3v) is 5.41. The van der Waals surface area contributed by atoms with Crippen LogP contribution < -0.4 is 19.7 Å². The quantitative estimate of drug-likeness (QED) is 0.725. The Balaban J connectivity index is 1.23. The van der Waals surface area contributed by atoms with Crippen molar-refractivity contribution in [2.45, 2.75) is 0 Å². The maximum atomic E-state index is 12.7. The second-order valence-corrected chi connectivity index (χ2v) is 7.22. The van der Waals surface area contributed by atoms with Crippen LogP contribution in [0.25, 0.3) is 11.0 Å². The molecule has 2 aliphatic heterocycles. The number of nitrogens with one attached hydrogen (secondary N) is 1. The third kappa shape index (κ3) is 3.30. The number of urea groups is 1. The predicted octanol–water partition coefficient (Wildman–Crippen LogP) is 2.70. The number of imidazole rings is 1. The van der Waals surface area contributed by atoms with Gasteiger partial charge < -0.3 is 29.2 Å². The summed E-state index contributed by atoms with van der Waals surface area (Å²) < 4.78 is 13.2. The van der Waals surface area contributed by atoms with Crippen molar-refractivity contribution < 1.29 is 14.3 Å². The van der Waals surface area contributed by atoms with Crippen molar-refractivity contribution >= 4 is 28.7 Å². The molecule has 2 aliphatic rings. The van der Waals surface area contributed by atoms with Crippen molar-refractivity contribution in [3.63, 3.8) is 0 Å². The molecule has 5 rings (SSSR count). The number of anilines is 2. The molecular formula is C21H23N5O3. The fourth-order valence-electron chi connectivity index (χ4n) is 3.85. The number of hydrogen-bond donors (Lipinski definition) is 1. The van der Waals surface area contributed by atoms with Gasteiger partial charge in [0.05, 0.1) is 11.0 Å². The molecule has 1 N–H and O–H groups in total. The first-order valence-electron chi connectivity index (χ1n) is 9.81. The van der Waals surface area contributed by atoms with E-state index in [4.69, 9.17) is 14.5 Å². The number of carbonyl (C=O) groups excluding carboxylic acids is 1. The highest BCUT2D eigenvalue weighted by atomic mass is 16.6. The molecule has 1 saturated heterocycles. The van der Waals surface area contributed by atoms with E-state index in [0.717, 1.165) is 30.1 Å². The number of hydrogen-bond acceptors (Lipinski definition) is 5. The summed E-state index contributed by atoms with van der Waals surface area (Å²) in [4.78, 5) is 21.5. The zero-order valence-corrected chi connectivity index (χ0v) is 16.3. The molecule has 0 bridgehead atoms. The van der Waals surface area contributed by atoms with Gasteiger partial charge in [-0.05, 0) is 24.3 Å². The monoisotopic (exact) mass is 393 g/mol. The summed E-state index contributed by atoms with van der Waals surface area (Å²) in [6.07, 6.45) is 0. The summed E-state index contributed by atoms with van der Waals surface area (Å²) in [6, 6.07) is 13.5. The Labute approximate surface area is 168 Å². The maximum Gasteiger partial charge on any atom is 0.321 e. The fraction of sp³-hybridized carbons (Fsp3) is 0.333. The average molecular weight is 393 g/mol.